The Balaban J connectivity index is 1.54. The first-order valence-corrected chi connectivity index (χ1v) is 13.7. The minimum absolute atomic E-state index is 0.0163. The summed E-state index contributed by atoms with van der Waals surface area (Å²) in [6, 6.07) is 0. The number of oxime groups is 1. The molecule has 0 aliphatic heterocycles. The molecule has 0 saturated heterocycles. The monoisotopic (exact) mass is 439 g/mol. The lowest BCUT2D eigenvalue weighted by molar-refractivity contribution is -0.226. The number of hydrogen-bond acceptors (Lipinski definition) is 2. The van der Waals surface area contributed by atoms with Gasteiger partial charge in [0.1, 0.15) is 0 Å². The molecule has 0 heterocycles. The van der Waals surface area contributed by atoms with E-state index in [4.69, 9.17) is 0 Å². The summed E-state index contributed by atoms with van der Waals surface area (Å²) in [4.78, 5) is 0. The van der Waals surface area contributed by atoms with Crippen LogP contribution < -0.4 is 0 Å². The molecule has 5 rings (SSSR count). The summed E-state index contributed by atoms with van der Waals surface area (Å²) in [5.74, 6) is 3.88. The molecule has 0 radical (unpaired) electrons. The number of fused-ring (bicyclic) bond motifs is 7. The van der Waals surface area contributed by atoms with E-state index in [1.807, 2.05) is 0 Å². The second-order valence-corrected chi connectivity index (χ2v) is 14.6. The zero-order valence-electron chi connectivity index (χ0n) is 22.1. The smallest absolute Gasteiger partial charge is 0.0630 e. The van der Waals surface area contributed by atoms with Gasteiger partial charge in [-0.2, -0.15) is 0 Å². The van der Waals surface area contributed by atoms with Gasteiger partial charge in [-0.05, 0) is 122 Å². The van der Waals surface area contributed by atoms with Crippen LogP contribution in [0.2, 0.25) is 0 Å². The molecular formula is C30H49NO. The summed E-state index contributed by atoms with van der Waals surface area (Å²) < 4.78 is 0. The summed E-state index contributed by atoms with van der Waals surface area (Å²) in [6.07, 6.45) is 13.3. The van der Waals surface area contributed by atoms with Gasteiger partial charge in [0.2, 0.25) is 0 Å². The quantitative estimate of drug-likeness (QED) is 0.248. The number of hydrogen-bond donors (Lipinski definition) is 1. The van der Waals surface area contributed by atoms with Crippen molar-refractivity contribution in [3.8, 4) is 0 Å². The summed E-state index contributed by atoms with van der Waals surface area (Å²) in [6.45, 7) is 22.2. The Hall–Kier alpha value is -0.790. The summed E-state index contributed by atoms with van der Waals surface area (Å²) >= 11 is 0. The zero-order valence-corrected chi connectivity index (χ0v) is 22.1. The van der Waals surface area contributed by atoms with Gasteiger partial charge in [0.05, 0.1) is 5.71 Å². The zero-order chi connectivity index (χ0) is 23.3. The molecule has 2 nitrogen and oxygen atoms in total. The van der Waals surface area contributed by atoms with Gasteiger partial charge in [0.25, 0.3) is 0 Å². The maximum atomic E-state index is 9.74. The highest BCUT2D eigenvalue weighted by Gasteiger charge is 2.70. The predicted molar refractivity (Wildman–Crippen MR) is 134 cm³/mol. The lowest BCUT2D eigenvalue weighted by atomic mass is 9.32. The van der Waals surface area contributed by atoms with E-state index in [2.05, 4.69) is 60.2 Å². The van der Waals surface area contributed by atoms with Crippen LogP contribution in [0.25, 0.3) is 0 Å². The lowest BCUT2D eigenvalue weighted by Crippen LogP contribution is -2.66. The molecule has 1 N–H and O–H groups in total. The second-order valence-electron chi connectivity index (χ2n) is 14.6. The van der Waals surface area contributed by atoms with Crippen molar-refractivity contribution in [3.05, 3.63) is 12.2 Å². The van der Waals surface area contributed by atoms with E-state index >= 15 is 0 Å². The molecule has 0 aromatic carbocycles. The second kappa shape index (κ2) is 6.88. The highest BCUT2D eigenvalue weighted by atomic mass is 16.4. The van der Waals surface area contributed by atoms with Crippen molar-refractivity contribution in [2.75, 3.05) is 0 Å². The van der Waals surface area contributed by atoms with E-state index in [0.717, 1.165) is 35.8 Å². The first kappa shape index (κ1) is 23.0. The molecule has 0 bridgehead atoms. The molecule has 5 fully saturated rings. The van der Waals surface area contributed by atoms with Crippen LogP contribution in [0.4, 0.5) is 0 Å². The number of nitrogens with zero attached hydrogens (tertiary/aromatic N) is 1. The molecular weight excluding hydrogens is 390 g/mol. The van der Waals surface area contributed by atoms with Gasteiger partial charge < -0.3 is 5.21 Å². The molecule has 0 unspecified atom stereocenters. The van der Waals surface area contributed by atoms with Crippen molar-refractivity contribution in [1.29, 1.82) is 0 Å². The fourth-order valence-corrected chi connectivity index (χ4v) is 11.5. The van der Waals surface area contributed by atoms with Crippen LogP contribution in [0.5, 0.6) is 0 Å². The first-order valence-electron chi connectivity index (χ1n) is 13.7. The minimum atomic E-state index is 0.0163. The molecule has 5 aliphatic carbocycles. The van der Waals surface area contributed by atoms with Crippen LogP contribution in [0.15, 0.2) is 17.3 Å². The fraction of sp³-hybridized carbons (Fsp3) is 0.900. The van der Waals surface area contributed by atoms with E-state index in [-0.39, 0.29) is 5.41 Å². The fourth-order valence-electron chi connectivity index (χ4n) is 11.5. The summed E-state index contributed by atoms with van der Waals surface area (Å²) in [5.41, 5.74) is 4.29. The molecule has 180 valence electrons. The van der Waals surface area contributed by atoms with Crippen LogP contribution in [0, 0.1) is 56.7 Å². The van der Waals surface area contributed by atoms with E-state index in [9.17, 15) is 5.21 Å². The highest BCUT2D eigenvalue weighted by molar-refractivity contribution is 5.90. The van der Waals surface area contributed by atoms with E-state index in [0.29, 0.717) is 27.6 Å². The van der Waals surface area contributed by atoms with Crippen LogP contribution in [-0.4, -0.2) is 10.9 Å². The molecule has 0 spiro atoms. The van der Waals surface area contributed by atoms with Crippen molar-refractivity contribution in [2.24, 2.45) is 61.8 Å². The minimum Gasteiger partial charge on any atom is -0.411 e. The van der Waals surface area contributed by atoms with Crippen molar-refractivity contribution < 1.29 is 5.21 Å². The Morgan fingerprint density at radius 2 is 1.56 bits per heavy atom. The van der Waals surface area contributed by atoms with Crippen molar-refractivity contribution in [3.63, 3.8) is 0 Å². The molecule has 0 amide bonds. The maximum absolute atomic E-state index is 9.74. The Morgan fingerprint density at radius 1 is 0.844 bits per heavy atom. The third kappa shape index (κ3) is 2.62. The average Bonchev–Trinajstić information content (AvgIpc) is 3.06. The third-order valence-corrected chi connectivity index (χ3v) is 13.4. The first-order chi connectivity index (χ1) is 14.8. The van der Waals surface area contributed by atoms with Gasteiger partial charge in [-0.25, -0.2) is 0 Å². The molecule has 2 heteroatoms. The molecule has 0 aromatic rings. The van der Waals surface area contributed by atoms with E-state index in [1.54, 1.807) is 0 Å². The van der Waals surface area contributed by atoms with Crippen molar-refractivity contribution in [1.82, 2.24) is 0 Å². The van der Waals surface area contributed by atoms with E-state index in [1.165, 1.54) is 63.4 Å². The van der Waals surface area contributed by atoms with Crippen molar-refractivity contribution in [2.45, 2.75) is 113 Å². The third-order valence-electron chi connectivity index (χ3n) is 13.4. The largest absolute Gasteiger partial charge is 0.411 e. The van der Waals surface area contributed by atoms with Crippen LogP contribution in [-0.2, 0) is 0 Å². The SMILES string of the molecule is C=C(C)[C@@H]1CC[C@]2(C)CC[C@]3(C)[C@H](CC[C@@H]4[C@@]5(C)CC/C(=N/O)C(C)(C)[C@@H]5CC[C@]43C)[C@@H]12. The normalized spacial score (nSPS) is 55.5. The maximum Gasteiger partial charge on any atom is 0.0630 e. The standard InChI is InChI=1S/C30H49NO/c1-19(2)20-11-14-27(5)17-18-29(7)21(25(20)27)9-10-23-28(6)15-13-24(31-32)26(3,4)22(28)12-16-30(23,29)8/h20-23,25,32H,1,9-18H2,2-8H3/b31-24-/t20-,21+,22-,23+,25+,27+,28-,29+,30+/m0/s1. The van der Waals surface area contributed by atoms with Crippen LogP contribution in [0.1, 0.15) is 113 Å². The van der Waals surface area contributed by atoms with Crippen LogP contribution in [0.3, 0.4) is 0 Å². The van der Waals surface area contributed by atoms with Crippen LogP contribution >= 0.6 is 0 Å². The van der Waals surface area contributed by atoms with Gasteiger partial charge >= 0.3 is 0 Å². The van der Waals surface area contributed by atoms with Gasteiger partial charge in [-0.3, -0.25) is 0 Å². The Labute approximate surface area is 197 Å². The molecule has 9 atom stereocenters. The topological polar surface area (TPSA) is 32.6 Å². The Morgan fingerprint density at radius 3 is 2.22 bits per heavy atom. The Bertz CT molecular complexity index is 842. The number of allylic oxidation sites excluding steroid dienone is 1. The average molecular weight is 440 g/mol. The lowest BCUT2D eigenvalue weighted by Gasteiger charge is -2.72. The van der Waals surface area contributed by atoms with Gasteiger partial charge in [0, 0.05) is 5.41 Å². The highest BCUT2D eigenvalue weighted by Crippen LogP contribution is 2.77. The van der Waals surface area contributed by atoms with Gasteiger partial charge in [-0.15, -0.1) is 0 Å². The van der Waals surface area contributed by atoms with Crippen molar-refractivity contribution >= 4 is 5.71 Å². The predicted octanol–water partition coefficient (Wildman–Crippen LogP) is 8.49. The molecule has 5 saturated carbocycles. The number of rotatable bonds is 1. The summed E-state index contributed by atoms with van der Waals surface area (Å²) in [5, 5.41) is 13.5. The Kier molecular flexibility index (Phi) is 4.94. The van der Waals surface area contributed by atoms with E-state index < -0.39 is 0 Å². The van der Waals surface area contributed by atoms with Gasteiger partial charge in [0.15, 0.2) is 0 Å². The molecule has 0 aromatic heterocycles. The van der Waals surface area contributed by atoms with Gasteiger partial charge in [-0.1, -0.05) is 58.9 Å². The molecule has 32 heavy (non-hydrogen) atoms. The summed E-state index contributed by atoms with van der Waals surface area (Å²) in [7, 11) is 0. The molecule has 5 aliphatic rings.